The molecule has 4 heteroatoms. The Kier molecular flexibility index (Phi) is 9.40. The molecular weight excluding hydrogens is 425 g/mol. The molecule has 0 N–H and O–H groups in total. The van der Waals surface area contributed by atoms with E-state index in [0.29, 0.717) is 5.92 Å². The molecule has 1 atom stereocenters. The van der Waals surface area contributed by atoms with Crippen LogP contribution in [-0.4, -0.2) is 0 Å². The number of hydrogen-bond donors (Lipinski definition) is 0. The number of allylic oxidation sites excluding steroid dienone is 4. The van der Waals surface area contributed by atoms with Crippen LogP contribution in [0.25, 0.3) is 5.57 Å². The first kappa shape index (κ1) is 19.4. The van der Waals surface area contributed by atoms with Crippen molar-refractivity contribution in [2.24, 2.45) is 5.92 Å². The van der Waals surface area contributed by atoms with Gasteiger partial charge in [0.2, 0.25) is 0 Å². The Bertz CT molecular complexity index is 427. The van der Waals surface area contributed by atoms with Crippen molar-refractivity contribution in [2.45, 2.75) is 13.8 Å². The van der Waals surface area contributed by atoms with Gasteiger partial charge < -0.3 is 0 Å². The molecule has 0 saturated heterocycles. The minimum Gasteiger partial charge on any atom is -0.266 e. The van der Waals surface area contributed by atoms with Crippen molar-refractivity contribution < 1.29 is 30.2 Å². The summed E-state index contributed by atoms with van der Waals surface area (Å²) in [4.78, 5) is 0. The summed E-state index contributed by atoms with van der Waals surface area (Å²) < 4.78 is 13.0. The Morgan fingerprint density at radius 3 is 2.35 bits per heavy atom. The van der Waals surface area contributed by atoms with Gasteiger partial charge in [0.05, 0.1) is 0 Å². The Morgan fingerprint density at radius 1 is 1.24 bits per heavy atom. The van der Waals surface area contributed by atoms with Crippen LogP contribution < -0.4 is 0 Å². The third-order valence-electron chi connectivity index (χ3n) is 2.40. The van der Waals surface area contributed by atoms with Gasteiger partial charge >= 0.3 is 0 Å². The first-order chi connectivity index (χ1) is 6.66. The van der Waals surface area contributed by atoms with E-state index in [1.807, 2.05) is 13.0 Å². The normalized spacial score (nSPS) is 17.0. The number of benzene rings is 1. The van der Waals surface area contributed by atoms with Crippen molar-refractivity contribution >= 4 is 30.4 Å². The van der Waals surface area contributed by atoms with E-state index in [9.17, 15) is 4.39 Å². The Balaban J connectivity index is 0. The van der Waals surface area contributed by atoms with Crippen LogP contribution in [0, 0.1) is 17.8 Å². The first-order valence-electron chi connectivity index (χ1n) is 4.75. The monoisotopic (exact) mass is 439 g/mol. The van der Waals surface area contributed by atoms with E-state index in [1.165, 1.54) is 6.07 Å². The Hall–Kier alpha value is 0.0801. The number of halogens is 3. The average Bonchev–Trinajstić information content (AvgIpc) is 2.45. The average molecular weight is 439 g/mol. The van der Waals surface area contributed by atoms with E-state index in [4.69, 9.17) is 0 Å². The second-order valence-electron chi connectivity index (χ2n) is 3.65. The van der Waals surface area contributed by atoms with Gasteiger partial charge in [-0.1, -0.05) is 37.5 Å². The number of hydrogen-bond acceptors (Lipinski definition) is 0. The predicted octanol–water partition coefficient (Wildman–Crippen LogP) is 4.45. The van der Waals surface area contributed by atoms with Gasteiger partial charge in [-0.3, -0.25) is 6.08 Å². The summed E-state index contributed by atoms with van der Waals surface area (Å²) in [5, 5.41) is 0. The van der Waals surface area contributed by atoms with Crippen molar-refractivity contribution in [1.82, 2.24) is 0 Å². The molecule has 1 unspecified atom stereocenters. The van der Waals surface area contributed by atoms with Crippen LogP contribution in [0.1, 0.15) is 19.4 Å². The third-order valence-corrected chi connectivity index (χ3v) is 2.40. The molecule has 1 aromatic rings. The molecule has 92 valence electrons. The van der Waals surface area contributed by atoms with Crippen molar-refractivity contribution in [3.8, 4) is 0 Å². The standard InChI is InChI=1S/C13H12F.2ClH.Hf/c1-9-6-10(2)13(7-9)11-4-3-5-12(14)8-11;;;/h3-5,7-9H,1-2H3;2*1H;/q-1;;;. The summed E-state index contributed by atoms with van der Waals surface area (Å²) in [5.74, 6) is 0.157. The molecule has 0 heterocycles. The second-order valence-corrected chi connectivity index (χ2v) is 3.65. The van der Waals surface area contributed by atoms with Gasteiger partial charge in [-0.25, -0.2) is 9.96 Å². The zero-order valence-corrected chi connectivity index (χ0v) is 14.9. The van der Waals surface area contributed by atoms with Crippen LogP contribution in [0.2, 0.25) is 0 Å². The summed E-state index contributed by atoms with van der Waals surface area (Å²) in [7, 11) is 0. The number of rotatable bonds is 1. The van der Waals surface area contributed by atoms with E-state index in [1.54, 1.807) is 12.1 Å². The van der Waals surface area contributed by atoms with Crippen LogP contribution in [-0.2, 0) is 25.8 Å². The molecule has 17 heavy (non-hydrogen) atoms. The molecule has 0 bridgehead atoms. The van der Waals surface area contributed by atoms with E-state index >= 15 is 0 Å². The molecule has 0 nitrogen and oxygen atoms in total. The maximum atomic E-state index is 13.0. The fourth-order valence-corrected chi connectivity index (χ4v) is 1.80. The summed E-state index contributed by atoms with van der Waals surface area (Å²) in [6.07, 6.45) is 5.40. The summed E-state index contributed by atoms with van der Waals surface area (Å²) >= 11 is 0. The minimum atomic E-state index is -0.184. The maximum absolute atomic E-state index is 13.0. The van der Waals surface area contributed by atoms with E-state index in [0.717, 1.165) is 16.7 Å². The third kappa shape index (κ3) is 4.69. The van der Waals surface area contributed by atoms with Crippen LogP contribution in [0.15, 0.2) is 35.9 Å². The van der Waals surface area contributed by atoms with E-state index < -0.39 is 0 Å². The maximum Gasteiger partial charge on any atom is 0.122 e. The van der Waals surface area contributed by atoms with Gasteiger partial charge in [0, 0.05) is 25.8 Å². The summed E-state index contributed by atoms with van der Waals surface area (Å²) in [6.45, 7) is 4.09. The zero-order chi connectivity index (χ0) is 10.1. The summed E-state index contributed by atoms with van der Waals surface area (Å²) in [5.41, 5.74) is 3.17. The Labute approximate surface area is 133 Å². The van der Waals surface area contributed by atoms with E-state index in [-0.39, 0.29) is 56.5 Å². The van der Waals surface area contributed by atoms with Crippen LogP contribution in [0.4, 0.5) is 4.39 Å². The van der Waals surface area contributed by atoms with Crippen molar-refractivity contribution in [2.75, 3.05) is 0 Å². The zero-order valence-electron chi connectivity index (χ0n) is 9.66. The minimum absolute atomic E-state index is 0. The molecule has 0 aromatic heterocycles. The molecule has 1 aliphatic carbocycles. The van der Waals surface area contributed by atoms with Gasteiger partial charge in [-0.05, 0) is 12.1 Å². The quantitative estimate of drug-likeness (QED) is 0.449. The molecule has 0 aliphatic heterocycles. The largest absolute Gasteiger partial charge is 0.266 e. The van der Waals surface area contributed by atoms with Gasteiger partial charge in [0.15, 0.2) is 0 Å². The Morgan fingerprint density at radius 2 is 1.88 bits per heavy atom. The first-order valence-corrected chi connectivity index (χ1v) is 4.75. The SMILES string of the molecule is CC1=[C-]C(C)C=C1c1cccc(F)c1.Cl.Cl.[Hf]. The molecule has 0 saturated carbocycles. The van der Waals surface area contributed by atoms with Gasteiger partial charge in [-0.2, -0.15) is 11.6 Å². The fraction of sp³-hybridized carbons (Fsp3) is 0.231. The predicted molar refractivity (Wildman–Crippen MR) is 70.5 cm³/mol. The van der Waals surface area contributed by atoms with Crippen LogP contribution in [0.5, 0.6) is 0 Å². The van der Waals surface area contributed by atoms with Gasteiger partial charge in [-0.15, -0.1) is 24.8 Å². The van der Waals surface area contributed by atoms with Crippen LogP contribution >= 0.6 is 24.8 Å². The fourth-order valence-electron chi connectivity index (χ4n) is 1.80. The molecule has 0 radical (unpaired) electrons. The molecular formula is C13H14Cl2FHf-. The molecule has 0 amide bonds. The molecule has 0 fully saturated rings. The van der Waals surface area contributed by atoms with Crippen molar-refractivity contribution in [3.63, 3.8) is 0 Å². The van der Waals surface area contributed by atoms with Crippen molar-refractivity contribution in [3.05, 3.63) is 53.4 Å². The molecule has 1 aromatic carbocycles. The van der Waals surface area contributed by atoms with Gasteiger partial charge in [0.1, 0.15) is 5.82 Å². The molecule has 1 aliphatic rings. The van der Waals surface area contributed by atoms with Crippen molar-refractivity contribution in [1.29, 1.82) is 0 Å². The van der Waals surface area contributed by atoms with Crippen LogP contribution in [0.3, 0.4) is 0 Å². The smallest absolute Gasteiger partial charge is 0.122 e. The molecule has 2 rings (SSSR count). The topological polar surface area (TPSA) is 0 Å². The molecule has 0 spiro atoms. The summed E-state index contributed by atoms with van der Waals surface area (Å²) in [6, 6.07) is 6.69. The van der Waals surface area contributed by atoms with E-state index in [2.05, 4.69) is 19.1 Å². The second kappa shape index (κ2) is 8.23. The van der Waals surface area contributed by atoms with Gasteiger partial charge in [0.25, 0.3) is 0 Å².